The van der Waals surface area contributed by atoms with Crippen LogP contribution in [-0.2, 0) is 11.3 Å². The summed E-state index contributed by atoms with van der Waals surface area (Å²) in [6.45, 7) is 1.77. The predicted octanol–water partition coefficient (Wildman–Crippen LogP) is 3.05. The van der Waals surface area contributed by atoms with E-state index in [4.69, 9.17) is 18.9 Å². The Kier molecular flexibility index (Phi) is 4.26. The Morgan fingerprint density at radius 1 is 1.00 bits per heavy atom. The zero-order valence-electron chi connectivity index (χ0n) is 12.0. The van der Waals surface area contributed by atoms with E-state index in [1.165, 1.54) is 0 Å². The molecule has 0 N–H and O–H groups in total. The fourth-order valence-electron chi connectivity index (χ4n) is 1.99. The fourth-order valence-corrected chi connectivity index (χ4v) is 1.99. The van der Waals surface area contributed by atoms with Crippen LogP contribution in [0.4, 0.5) is 0 Å². The van der Waals surface area contributed by atoms with E-state index < -0.39 is 0 Å². The van der Waals surface area contributed by atoms with Gasteiger partial charge in [-0.1, -0.05) is 36.4 Å². The molecule has 110 valence electrons. The molecule has 4 heteroatoms. The van der Waals surface area contributed by atoms with E-state index in [-0.39, 0.29) is 6.10 Å². The number of hydrogen-bond acceptors (Lipinski definition) is 4. The Morgan fingerprint density at radius 2 is 1.76 bits per heavy atom. The second-order valence-electron chi connectivity index (χ2n) is 4.83. The van der Waals surface area contributed by atoms with Crippen LogP contribution in [0, 0.1) is 0 Å². The Balaban J connectivity index is 1.73. The van der Waals surface area contributed by atoms with Gasteiger partial charge < -0.3 is 18.9 Å². The highest BCUT2D eigenvalue weighted by molar-refractivity contribution is 5.51. The molecule has 2 aromatic carbocycles. The number of epoxide rings is 1. The number of methoxy groups -OCH3 is 1. The first-order valence-corrected chi connectivity index (χ1v) is 6.95. The molecule has 1 fully saturated rings. The van der Waals surface area contributed by atoms with Gasteiger partial charge in [-0.3, -0.25) is 0 Å². The highest BCUT2D eigenvalue weighted by Gasteiger charge is 2.24. The SMILES string of the molecule is COc1cccc(OCC2CO2)c1OCc1ccccc1. The van der Waals surface area contributed by atoms with Crippen molar-refractivity contribution in [3.8, 4) is 17.2 Å². The molecule has 1 unspecified atom stereocenters. The van der Waals surface area contributed by atoms with Crippen molar-refractivity contribution in [1.29, 1.82) is 0 Å². The lowest BCUT2D eigenvalue weighted by molar-refractivity contribution is 0.230. The van der Waals surface area contributed by atoms with Crippen molar-refractivity contribution in [3.63, 3.8) is 0 Å². The number of hydrogen-bond donors (Lipinski definition) is 0. The first-order valence-electron chi connectivity index (χ1n) is 6.95. The van der Waals surface area contributed by atoms with E-state index in [0.29, 0.717) is 30.5 Å². The van der Waals surface area contributed by atoms with Crippen molar-refractivity contribution in [3.05, 3.63) is 54.1 Å². The van der Waals surface area contributed by atoms with Crippen LogP contribution in [-0.4, -0.2) is 26.4 Å². The van der Waals surface area contributed by atoms with E-state index in [0.717, 1.165) is 12.2 Å². The topological polar surface area (TPSA) is 40.2 Å². The molecule has 4 nitrogen and oxygen atoms in total. The molecule has 0 radical (unpaired) electrons. The summed E-state index contributed by atoms with van der Waals surface area (Å²) in [5, 5.41) is 0. The van der Waals surface area contributed by atoms with Gasteiger partial charge >= 0.3 is 0 Å². The van der Waals surface area contributed by atoms with E-state index in [2.05, 4.69) is 0 Å². The van der Waals surface area contributed by atoms with Crippen LogP contribution in [0.5, 0.6) is 17.2 Å². The lowest BCUT2D eigenvalue weighted by Gasteiger charge is -2.15. The fraction of sp³-hybridized carbons (Fsp3) is 0.294. The molecule has 0 aromatic heterocycles. The first kappa shape index (κ1) is 13.8. The van der Waals surface area contributed by atoms with Crippen molar-refractivity contribution < 1.29 is 18.9 Å². The van der Waals surface area contributed by atoms with Crippen molar-refractivity contribution in [2.75, 3.05) is 20.3 Å². The summed E-state index contributed by atoms with van der Waals surface area (Å²) < 4.78 is 22.2. The van der Waals surface area contributed by atoms with Gasteiger partial charge in [0, 0.05) is 0 Å². The largest absolute Gasteiger partial charge is 0.493 e. The summed E-state index contributed by atoms with van der Waals surface area (Å²) in [7, 11) is 1.62. The maximum atomic E-state index is 5.91. The molecule has 2 aromatic rings. The van der Waals surface area contributed by atoms with Gasteiger partial charge in [-0.05, 0) is 17.7 Å². The zero-order valence-corrected chi connectivity index (χ0v) is 12.0. The molecule has 21 heavy (non-hydrogen) atoms. The summed E-state index contributed by atoms with van der Waals surface area (Å²) in [6, 6.07) is 15.6. The molecule has 0 bridgehead atoms. The highest BCUT2D eigenvalue weighted by Crippen LogP contribution is 2.37. The van der Waals surface area contributed by atoms with Crippen molar-refractivity contribution in [2.45, 2.75) is 12.7 Å². The van der Waals surface area contributed by atoms with Gasteiger partial charge in [-0.25, -0.2) is 0 Å². The van der Waals surface area contributed by atoms with Gasteiger partial charge in [-0.2, -0.15) is 0 Å². The number of benzene rings is 2. The van der Waals surface area contributed by atoms with Crippen LogP contribution in [0.15, 0.2) is 48.5 Å². The van der Waals surface area contributed by atoms with Crippen LogP contribution in [0.3, 0.4) is 0 Å². The summed E-state index contributed by atoms with van der Waals surface area (Å²) in [6.07, 6.45) is 0.207. The van der Waals surface area contributed by atoms with Crippen LogP contribution in [0.2, 0.25) is 0 Å². The molecule has 0 saturated carbocycles. The minimum Gasteiger partial charge on any atom is -0.493 e. The highest BCUT2D eigenvalue weighted by atomic mass is 16.6. The molecule has 3 rings (SSSR count). The first-order chi connectivity index (χ1) is 10.4. The average molecular weight is 286 g/mol. The van der Waals surface area contributed by atoms with Gasteiger partial charge in [0.2, 0.25) is 5.75 Å². The standard InChI is InChI=1S/C17H18O4/c1-18-15-8-5-9-16(20-12-14-11-19-14)17(15)21-10-13-6-3-2-4-7-13/h2-9,14H,10-12H2,1H3. The Labute approximate surface area is 124 Å². The second-order valence-corrected chi connectivity index (χ2v) is 4.83. The third-order valence-corrected chi connectivity index (χ3v) is 3.22. The minimum absolute atomic E-state index is 0.207. The normalized spacial score (nSPS) is 16.3. The van der Waals surface area contributed by atoms with E-state index in [9.17, 15) is 0 Å². The smallest absolute Gasteiger partial charge is 0.203 e. The van der Waals surface area contributed by atoms with E-state index >= 15 is 0 Å². The van der Waals surface area contributed by atoms with Gasteiger partial charge in [0.15, 0.2) is 11.5 Å². The van der Waals surface area contributed by atoms with Crippen LogP contribution < -0.4 is 14.2 Å². The molecule has 0 amide bonds. The van der Waals surface area contributed by atoms with Crippen LogP contribution in [0.1, 0.15) is 5.56 Å². The molecule has 1 heterocycles. The summed E-state index contributed by atoms with van der Waals surface area (Å²) in [5.41, 5.74) is 1.10. The average Bonchev–Trinajstić information content (AvgIpc) is 3.36. The molecule has 1 atom stereocenters. The minimum atomic E-state index is 0.207. The van der Waals surface area contributed by atoms with Crippen molar-refractivity contribution >= 4 is 0 Å². The number of para-hydroxylation sites is 1. The third kappa shape index (κ3) is 3.67. The monoisotopic (exact) mass is 286 g/mol. The van der Waals surface area contributed by atoms with Gasteiger partial charge in [0.1, 0.15) is 19.3 Å². The van der Waals surface area contributed by atoms with Crippen molar-refractivity contribution in [2.24, 2.45) is 0 Å². The Bertz CT molecular complexity index is 579. The number of ether oxygens (including phenoxy) is 4. The third-order valence-electron chi connectivity index (χ3n) is 3.22. The maximum absolute atomic E-state index is 5.91. The van der Waals surface area contributed by atoms with E-state index in [1.807, 2.05) is 48.5 Å². The van der Waals surface area contributed by atoms with Crippen LogP contribution in [0.25, 0.3) is 0 Å². The summed E-state index contributed by atoms with van der Waals surface area (Å²) >= 11 is 0. The molecule has 1 saturated heterocycles. The molecular formula is C17H18O4. The van der Waals surface area contributed by atoms with Crippen molar-refractivity contribution in [1.82, 2.24) is 0 Å². The Hall–Kier alpha value is -2.20. The zero-order chi connectivity index (χ0) is 14.5. The van der Waals surface area contributed by atoms with E-state index in [1.54, 1.807) is 7.11 Å². The molecule has 1 aliphatic heterocycles. The number of rotatable bonds is 7. The predicted molar refractivity (Wildman–Crippen MR) is 79.0 cm³/mol. The quantitative estimate of drug-likeness (QED) is 0.733. The lowest BCUT2D eigenvalue weighted by Crippen LogP contribution is -2.06. The molecule has 0 spiro atoms. The molecule has 0 aliphatic carbocycles. The second kappa shape index (κ2) is 6.50. The van der Waals surface area contributed by atoms with Gasteiger partial charge in [-0.15, -0.1) is 0 Å². The summed E-state index contributed by atoms with van der Waals surface area (Å²) in [4.78, 5) is 0. The maximum Gasteiger partial charge on any atom is 0.203 e. The van der Waals surface area contributed by atoms with Gasteiger partial charge in [0.25, 0.3) is 0 Å². The molecular weight excluding hydrogens is 268 g/mol. The Morgan fingerprint density at radius 3 is 2.48 bits per heavy atom. The molecule has 1 aliphatic rings. The summed E-state index contributed by atoms with van der Waals surface area (Å²) in [5.74, 6) is 1.98. The lowest BCUT2D eigenvalue weighted by atomic mass is 10.2. The van der Waals surface area contributed by atoms with Gasteiger partial charge in [0.05, 0.1) is 13.7 Å². The van der Waals surface area contributed by atoms with Crippen LogP contribution >= 0.6 is 0 Å².